The zero-order valence-corrected chi connectivity index (χ0v) is 8.63. The molecule has 13 heavy (non-hydrogen) atoms. The maximum atomic E-state index is 10.1. The number of ether oxygens (including phenoxy) is 1. The molecule has 0 radical (unpaired) electrons. The average Bonchev–Trinajstić information content (AvgIpc) is 1.98. The highest BCUT2D eigenvalue weighted by Crippen LogP contribution is 2.26. The van der Waals surface area contributed by atoms with Gasteiger partial charge in [-0.1, -0.05) is 19.8 Å². The Morgan fingerprint density at radius 1 is 1.31 bits per heavy atom. The summed E-state index contributed by atoms with van der Waals surface area (Å²) >= 11 is 0. The number of unbranched alkanes of at least 4 members (excludes halogenated alkanes) is 1. The van der Waals surface area contributed by atoms with Crippen LogP contribution in [-0.2, 0) is 4.74 Å². The van der Waals surface area contributed by atoms with Crippen LogP contribution in [0.25, 0.3) is 0 Å². The minimum atomic E-state index is -0.775. The van der Waals surface area contributed by atoms with Crippen molar-refractivity contribution in [2.24, 2.45) is 0 Å². The Kier molecular flexibility index (Phi) is 3.15. The van der Waals surface area contributed by atoms with Crippen molar-refractivity contribution in [2.75, 3.05) is 0 Å². The monoisotopic (exact) mass is 182 g/mol. The summed E-state index contributed by atoms with van der Waals surface area (Å²) in [5, 5.41) is 10.1. The third-order valence-corrected chi connectivity index (χ3v) is 2.16. The number of aliphatic hydroxyl groups is 1. The van der Waals surface area contributed by atoms with Crippen molar-refractivity contribution < 1.29 is 9.84 Å². The third-order valence-electron chi connectivity index (χ3n) is 2.16. The summed E-state index contributed by atoms with van der Waals surface area (Å²) in [7, 11) is 0. The zero-order valence-electron chi connectivity index (χ0n) is 8.63. The van der Waals surface area contributed by atoms with Crippen molar-refractivity contribution in [3.63, 3.8) is 0 Å². The summed E-state index contributed by atoms with van der Waals surface area (Å²) < 4.78 is 5.32. The van der Waals surface area contributed by atoms with Gasteiger partial charge in [0, 0.05) is 0 Å². The molecule has 1 rings (SSSR count). The van der Waals surface area contributed by atoms with Crippen LogP contribution in [0.1, 0.15) is 40.0 Å². The lowest BCUT2D eigenvalue weighted by Gasteiger charge is -2.26. The van der Waals surface area contributed by atoms with Gasteiger partial charge in [-0.25, -0.2) is 0 Å². The molecule has 1 N–H and O–H groups in total. The van der Waals surface area contributed by atoms with E-state index < -0.39 is 5.60 Å². The quantitative estimate of drug-likeness (QED) is 0.727. The van der Waals surface area contributed by atoms with Crippen LogP contribution >= 0.6 is 0 Å². The Morgan fingerprint density at radius 2 is 1.85 bits per heavy atom. The van der Waals surface area contributed by atoms with Crippen LogP contribution in [0.5, 0.6) is 0 Å². The van der Waals surface area contributed by atoms with Crippen LogP contribution in [0.4, 0.5) is 0 Å². The molecule has 0 unspecified atom stereocenters. The summed E-state index contributed by atoms with van der Waals surface area (Å²) in [4.78, 5) is 0. The Labute approximate surface area is 79.9 Å². The molecule has 0 amide bonds. The van der Waals surface area contributed by atoms with E-state index in [1.165, 1.54) is 0 Å². The molecule has 0 saturated heterocycles. The van der Waals surface area contributed by atoms with Crippen molar-refractivity contribution in [3.8, 4) is 0 Å². The summed E-state index contributed by atoms with van der Waals surface area (Å²) in [6.07, 6.45) is 6.49. The predicted molar refractivity (Wildman–Crippen MR) is 53.1 cm³/mol. The fraction of sp³-hybridized carbons (Fsp3) is 0.636. The van der Waals surface area contributed by atoms with E-state index in [9.17, 15) is 5.11 Å². The fourth-order valence-corrected chi connectivity index (χ4v) is 1.66. The van der Waals surface area contributed by atoms with Gasteiger partial charge in [0.25, 0.3) is 0 Å². The fourth-order valence-electron chi connectivity index (χ4n) is 1.66. The van der Waals surface area contributed by atoms with Crippen LogP contribution in [0, 0.1) is 0 Å². The molecule has 0 aliphatic carbocycles. The molecule has 0 aromatic heterocycles. The van der Waals surface area contributed by atoms with Crippen molar-refractivity contribution in [1.82, 2.24) is 0 Å². The minimum Gasteiger partial charge on any atom is -0.467 e. The van der Waals surface area contributed by atoms with E-state index in [4.69, 9.17) is 4.74 Å². The lowest BCUT2D eigenvalue weighted by molar-refractivity contribution is 0.108. The summed E-state index contributed by atoms with van der Waals surface area (Å²) in [5.41, 5.74) is -0.775. The standard InChI is InChI=1S/C11H18O2/c1-4-5-6-11(12)7-9(2)13-10(3)8-11/h7-8,12H,4-6H2,1-3H3. The second kappa shape index (κ2) is 3.97. The van der Waals surface area contributed by atoms with Gasteiger partial charge in [-0.05, 0) is 32.4 Å². The molecule has 1 heterocycles. The largest absolute Gasteiger partial charge is 0.467 e. The van der Waals surface area contributed by atoms with Gasteiger partial charge in [0.05, 0.1) is 11.5 Å². The van der Waals surface area contributed by atoms with E-state index >= 15 is 0 Å². The van der Waals surface area contributed by atoms with Gasteiger partial charge in [-0.2, -0.15) is 0 Å². The molecule has 0 bridgehead atoms. The van der Waals surface area contributed by atoms with E-state index in [1.807, 2.05) is 13.8 Å². The second-order valence-electron chi connectivity index (χ2n) is 3.71. The highest BCUT2D eigenvalue weighted by atomic mass is 16.5. The molecule has 0 aromatic carbocycles. The molecule has 2 heteroatoms. The van der Waals surface area contributed by atoms with E-state index in [2.05, 4.69) is 6.92 Å². The highest BCUT2D eigenvalue weighted by molar-refractivity contribution is 5.22. The van der Waals surface area contributed by atoms with Gasteiger partial charge in [0.1, 0.15) is 5.60 Å². The molecule has 1 aliphatic rings. The first kappa shape index (κ1) is 10.3. The summed E-state index contributed by atoms with van der Waals surface area (Å²) in [6.45, 7) is 5.86. The van der Waals surface area contributed by atoms with E-state index in [0.717, 1.165) is 30.8 Å². The Morgan fingerprint density at radius 3 is 2.31 bits per heavy atom. The Bertz CT molecular complexity index is 220. The molecule has 2 nitrogen and oxygen atoms in total. The maximum absolute atomic E-state index is 10.1. The average molecular weight is 182 g/mol. The Balaban J connectivity index is 2.70. The number of hydrogen-bond donors (Lipinski definition) is 1. The third kappa shape index (κ3) is 2.88. The molecule has 0 saturated carbocycles. The highest BCUT2D eigenvalue weighted by Gasteiger charge is 2.25. The molecule has 0 fully saturated rings. The molecule has 1 aliphatic heterocycles. The predicted octanol–water partition coefficient (Wildman–Crippen LogP) is 2.75. The van der Waals surface area contributed by atoms with Crippen LogP contribution < -0.4 is 0 Å². The summed E-state index contributed by atoms with van der Waals surface area (Å²) in [5.74, 6) is 1.58. The van der Waals surface area contributed by atoms with Gasteiger partial charge in [0.2, 0.25) is 0 Å². The van der Waals surface area contributed by atoms with E-state index in [-0.39, 0.29) is 0 Å². The van der Waals surface area contributed by atoms with Crippen molar-refractivity contribution in [1.29, 1.82) is 0 Å². The molecular formula is C11H18O2. The smallest absolute Gasteiger partial charge is 0.108 e. The number of hydrogen-bond acceptors (Lipinski definition) is 2. The van der Waals surface area contributed by atoms with Crippen LogP contribution in [-0.4, -0.2) is 10.7 Å². The van der Waals surface area contributed by atoms with Gasteiger partial charge < -0.3 is 9.84 Å². The lowest BCUT2D eigenvalue weighted by atomic mass is 9.94. The van der Waals surface area contributed by atoms with Crippen molar-refractivity contribution in [2.45, 2.75) is 45.6 Å². The van der Waals surface area contributed by atoms with E-state index in [0.29, 0.717) is 0 Å². The van der Waals surface area contributed by atoms with Gasteiger partial charge in [0.15, 0.2) is 0 Å². The number of rotatable bonds is 3. The molecule has 0 atom stereocenters. The van der Waals surface area contributed by atoms with Gasteiger partial charge >= 0.3 is 0 Å². The molecular weight excluding hydrogens is 164 g/mol. The van der Waals surface area contributed by atoms with Crippen LogP contribution in [0.3, 0.4) is 0 Å². The first-order chi connectivity index (χ1) is 6.06. The lowest BCUT2D eigenvalue weighted by Crippen LogP contribution is -2.26. The molecule has 74 valence electrons. The van der Waals surface area contributed by atoms with E-state index in [1.54, 1.807) is 12.2 Å². The van der Waals surface area contributed by atoms with Crippen molar-refractivity contribution in [3.05, 3.63) is 23.7 Å². The van der Waals surface area contributed by atoms with Crippen molar-refractivity contribution >= 4 is 0 Å². The Hall–Kier alpha value is -0.760. The molecule has 0 aromatic rings. The second-order valence-corrected chi connectivity index (χ2v) is 3.71. The number of allylic oxidation sites excluding steroid dienone is 2. The first-order valence-corrected chi connectivity index (χ1v) is 4.85. The normalized spacial score (nSPS) is 20.3. The van der Waals surface area contributed by atoms with Gasteiger partial charge in [-0.3, -0.25) is 0 Å². The van der Waals surface area contributed by atoms with Crippen LogP contribution in [0.2, 0.25) is 0 Å². The first-order valence-electron chi connectivity index (χ1n) is 4.85. The molecule has 0 spiro atoms. The minimum absolute atomic E-state index is 0.775. The summed E-state index contributed by atoms with van der Waals surface area (Å²) in [6, 6.07) is 0. The SMILES string of the molecule is CCCCC1(O)C=C(C)OC(C)=C1. The van der Waals surface area contributed by atoms with Gasteiger partial charge in [-0.15, -0.1) is 0 Å². The topological polar surface area (TPSA) is 29.5 Å². The zero-order chi connectivity index (χ0) is 9.90. The maximum Gasteiger partial charge on any atom is 0.108 e. The van der Waals surface area contributed by atoms with Crippen LogP contribution in [0.15, 0.2) is 23.7 Å².